The molecule has 0 saturated heterocycles. The van der Waals surface area contributed by atoms with Crippen LogP contribution in [0.3, 0.4) is 0 Å². The van der Waals surface area contributed by atoms with Crippen molar-refractivity contribution < 1.29 is 4.74 Å². The summed E-state index contributed by atoms with van der Waals surface area (Å²) in [6.07, 6.45) is 1.05. The van der Waals surface area contributed by atoms with Crippen molar-refractivity contribution in [3.63, 3.8) is 0 Å². The van der Waals surface area contributed by atoms with Gasteiger partial charge in [0, 0.05) is 24.6 Å². The first kappa shape index (κ1) is 17.5. The van der Waals surface area contributed by atoms with E-state index in [1.807, 2.05) is 43.3 Å². The van der Waals surface area contributed by atoms with Gasteiger partial charge in [-0.1, -0.05) is 29.8 Å². The summed E-state index contributed by atoms with van der Waals surface area (Å²) in [5, 5.41) is 7.13. The van der Waals surface area contributed by atoms with Crippen LogP contribution in [0.15, 0.2) is 47.5 Å². The highest BCUT2D eigenvalue weighted by atomic mass is 32.1. The highest BCUT2D eigenvalue weighted by Crippen LogP contribution is 2.34. The van der Waals surface area contributed by atoms with Crippen molar-refractivity contribution in [2.75, 3.05) is 18.4 Å². The van der Waals surface area contributed by atoms with E-state index in [0.717, 1.165) is 48.1 Å². The van der Waals surface area contributed by atoms with Gasteiger partial charge in [0.25, 0.3) is 0 Å². The van der Waals surface area contributed by atoms with Crippen molar-refractivity contribution in [1.82, 2.24) is 14.7 Å². The largest absolute Gasteiger partial charge is 0.456 e. The standard InChI is InChI=1S/C20H21N5OS/c1-13-8-9-16(14(2)12-13)26-17-7-4-3-6-15(17)18-23-20(27-25-18)24-19-21-10-5-11-22-19/h3-4,6-9,12H,5,10-11H2,1-2H3,(H2,21,22,23,24,25). The third-order valence-corrected chi connectivity index (χ3v) is 4.86. The number of guanidine groups is 1. The Hall–Kier alpha value is -2.93. The third-order valence-electron chi connectivity index (χ3n) is 4.23. The molecular formula is C20H21N5OS. The fraction of sp³-hybridized carbons (Fsp3) is 0.250. The van der Waals surface area contributed by atoms with Gasteiger partial charge < -0.3 is 15.4 Å². The van der Waals surface area contributed by atoms with Gasteiger partial charge in [0.2, 0.25) is 5.13 Å². The van der Waals surface area contributed by atoms with Crippen LogP contribution < -0.4 is 15.4 Å². The molecule has 0 fully saturated rings. The summed E-state index contributed by atoms with van der Waals surface area (Å²) in [6.45, 7) is 5.87. The molecule has 0 saturated carbocycles. The Morgan fingerprint density at radius 2 is 2.00 bits per heavy atom. The Labute approximate surface area is 162 Å². The van der Waals surface area contributed by atoms with Crippen LogP contribution in [0, 0.1) is 13.8 Å². The van der Waals surface area contributed by atoms with Crippen LogP contribution in [0.25, 0.3) is 11.4 Å². The lowest BCUT2D eigenvalue weighted by Crippen LogP contribution is -2.35. The van der Waals surface area contributed by atoms with E-state index in [1.165, 1.54) is 17.1 Å². The lowest BCUT2D eigenvalue weighted by Gasteiger charge is -2.14. The molecule has 7 heteroatoms. The monoisotopic (exact) mass is 379 g/mol. The molecule has 4 rings (SSSR count). The molecule has 2 aromatic carbocycles. The lowest BCUT2D eigenvalue weighted by molar-refractivity contribution is 0.480. The summed E-state index contributed by atoms with van der Waals surface area (Å²) in [5.74, 6) is 2.97. The van der Waals surface area contributed by atoms with Crippen molar-refractivity contribution >= 4 is 22.6 Å². The third kappa shape index (κ3) is 4.09. The van der Waals surface area contributed by atoms with Crippen molar-refractivity contribution in [2.45, 2.75) is 20.3 Å². The average molecular weight is 379 g/mol. The highest BCUT2D eigenvalue weighted by Gasteiger charge is 2.14. The second-order valence-electron chi connectivity index (χ2n) is 6.43. The van der Waals surface area contributed by atoms with Crippen LogP contribution in [0.5, 0.6) is 11.5 Å². The molecule has 6 nitrogen and oxygen atoms in total. The molecule has 0 bridgehead atoms. The number of nitrogens with zero attached hydrogens (tertiary/aromatic N) is 3. The van der Waals surface area contributed by atoms with E-state index in [-0.39, 0.29) is 0 Å². The van der Waals surface area contributed by atoms with Crippen LogP contribution >= 0.6 is 11.5 Å². The van der Waals surface area contributed by atoms with Gasteiger partial charge >= 0.3 is 0 Å². The molecule has 0 aliphatic carbocycles. The quantitative estimate of drug-likeness (QED) is 0.704. The van der Waals surface area contributed by atoms with E-state index in [1.54, 1.807) is 0 Å². The van der Waals surface area contributed by atoms with Gasteiger partial charge in [0.1, 0.15) is 11.5 Å². The molecule has 0 spiro atoms. The van der Waals surface area contributed by atoms with Crippen LogP contribution in [0.4, 0.5) is 5.13 Å². The van der Waals surface area contributed by atoms with Crippen LogP contribution in [0.1, 0.15) is 17.5 Å². The molecule has 0 amide bonds. The number of ether oxygens (including phenoxy) is 1. The van der Waals surface area contributed by atoms with E-state index in [2.05, 4.69) is 38.0 Å². The maximum atomic E-state index is 6.18. The maximum absolute atomic E-state index is 6.18. The predicted octanol–water partition coefficient (Wildman–Crippen LogP) is 4.38. The minimum atomic E-state index is 0.638. The van der Waals surface area contributed by atoms with E-state index in [9.17, 15) is 0 Å². The summed E-state index contributed by atoms with van der Waals surface area (Å²) >= 11 is 1.31. The van der Waals surface area contributed by atoms with Gasteiger partial charge in [0.05, 0.1) is 5.56 Å². The summed E-state index contributed by atoms with van der Waals surface area (Å²) in [6, 6.07) is 14.0. The van der Waals surface area contributed by atoms with E-state index >= 15 is 0 Å². The Morgan fingerprint density at radius 3 is 2.81 bits per heavy atom. The van der Waals surface area contributed by atoms with Crippen molar-refractivity contribution in [3.8, 4) is 22.9 Å². The smallest absolute Gasteiger partial charge is 0.209 e. The first-order valence-electron chi connectivity index (χ1n) is 8.92. The van der Waals surface area contributed by atoms with Gasteiger partial charge in [-0.05, 0) is 44.0 Å². The molecule has 1 aliphatic heterocycles. The highest BCUT2D eigenvalue weighted by molar-refractivity contribution is 7.10. The number of nitrogens with one attached hydrogen (secondary N) is 2. The molecule has 0 unspecified atom stereocenters. The van der Waals surface area contributed by atoms with Gasteiger partial charge in [-0.3, -0.25) is 4.99 Å². The minimum Gasteiger partial charge on any atom is -0.456 e. The summed E-state index contributed by atoms with van der Waals surface area (Å²) in [5.41, 5.74) is 3.17. The molecule has 1 aromatic heterocycles. The molecule has 0 radical (unpaired) electrons. The fourth-order valence-corrected chi connectivity index (χ4v) is 3.46. The zero-order valence-corrected chi connectivity index (χ0v) is 16.1. The zero-order valence-electron chi connectivity index (χ0n) is 15.3. The SMILES string of the molecule is Cc1ccc(Oc2ccccc2-c2nsc(NC3=NCCCN3)n2)c(C)c1. The van der Waals surface area contributed by atoms with E-state index in [0.29, 0.717) is 11.0 Å². The number of benzene rings is 2. The number of rotatable bonds is 4. The van der Waals surface area contributed by atoms with E-state index < -0.39 is 0 Å². The predicted molar refractivity (Wildman–Crippen MR) is 110 cm³/mol. The van der Waals surface area contributed by atoms with Crippen LogP contribution in [0.2, 0.25) is 0 Å². The molecule has 138 valence electrons. The minimum absolute atomic E-state index is 0.638. The Bertz CT molecular complexity index is 982. The molecule has 27 heavy (non-hydrogen) atoms. The summed E-state index contributed by atoms with van der Waals surface area (Å²) < 4.78 is 10.7. The number of anilines is 1. The van der Waals surface area contributed by atoms with Crippen LogP contribution in [-0.2, 0) is 0 Å². The first-order valence-corrected chi connectivity index (χ1v) is 9.70. The Balaban J connectivity index is 1.58. The molecule has 2 N–H and O–H groups in total. The van der Waals surface area contributed by atoms with Crippen molar-refractivity contribution in [3.05, 3.63) is 53.6 Å². The van der Waals surface area contributed by atoms with Gasteiger partial charge in [0.15, 0.2) is 11.8 Å². The summed E-state index contributed by atoms with van der Waals surface area (Å²) in [4.78, 5) is 9.01. The maximum Gasteiger partial charge on any atom is 0.209 e. The molecule has 3 aromatic rings. The van der Waals surface area contributed by atoms with Crippen molar-refractivity contribution in [1.29, 1.82) is 0 Å². The zero-order chi connectivity index (χ0) is 18.6. The lowest BCUT2D eigenvalue weighted by atomic mass is 10.1. The topological polar surface area (TPSA) is 71.4 Å². The first-order chi connectivity index (χ1) is 13.2. The van der Waals surface area contributed by atoms with Gasteiger partial charge in [-0.15, -0.1) is 0 Å². The van der Waals surface area contributed by atoms with Crippen LogP contribution in [-0.4, -0.2) is 28.4 Å². The second-order valence-corrected chi connectivity index (χ2v) is 7.18. The Morgan fingerprint density at radius 1 is 1.11 bits per heavy atom. The number of hydrogen-bond acceptors (Lipinski definition) is 7. The number of hydrogen-bond donors (Lipinski definition) is 2. The molecular weight excluding hydrogens is 358 g/mol. The van der Waals surface area contributed by atoms with Gasteiger partial charge in [-0.2, -0.15) is 9.36 Å². The second kappa shape index (κ2) is 7.75. The normalized spacial score (nSPS) is 13.6. The van der Waals surface area contributed by atoms with Crippen molar-refractivity contribution in [2.24, 2.45) is 4.99 Å². The number of aryl methyl sites for hydroxylation is 2. The number of para-hydroxylation sites is 1. The van der Waals surface area contributed by atoms with E-state index in [4.69, 9.17) is 4.74 Å². The molecule has 0 atom stereocenters. The molecule has 1 aliphatic rings. The fourth-order valence-electron chi connectivity index (χ4n) is 2.87. The number of aliphatic imine (C=N–C) groups is 1. The number of aromatic nitrogens is 2. The molecule has 2 heterocycles. The summed E-state index contributed by atoms with van der Waals surface area (Å²) in [7, 11) is 0. The van der Waals surface area contributed by atoms with Gasteiger partial charge in [-0.25, -0.2) is 0 Å². The Kier molecular flexibility index (Phi) is 5.02. The average Bonchev–Trinajstić information content (AvgIpc) is 3.13.